The second kappa shape index (κ2) is 10.4. The van der Waals surface area contributed by atoms with Crippen molar-refractivity contribution in [3.63, 3.8) is 0 Å². The molecular weight excluding hydrogens is 395 g/mol. The summed E-state index contributed by atoms with van der Waals surface area (Å²) in [4.78, 5) is 4.89. The van der Waals surface area contributed by atoms with E-state index in [1.165, 1.54) is 0 Å². The Balaban J connectivity index is 1.30. The number of rotatable bonds is 8. The summed E-state index contributed by atoms with van der Waals surface area (Å²) in [6, 6.07) is 11.6. The van der Waals surface area contributed by atoms with Gasteiger partial charge in [-0.3, -0.25) is 9.80 Å². The van der Waals surface area contributed by atoms with Gasteiger partial charge in [-0.25, -0.2) is 0 Å². The molecule has 2 aromatic carbocycles. The topological polar surface area (TPSA) is 24.9 Å². The molecule has 152 valence electrons. The van der Waals surface area contributed by atoms with Gasteiger partial charge in [0.05, 0.1) is 0 Å². The average molecular weight is 423 g/mol. The van der Waals surface area contributed by atoms with E-state index in [2.05, 4.69) is 9.80 Å². The van der Waals surface area contributed by atoms with Gasteiger partial charge in [-0.15, -0.1) is 0 Å². The first-order valence-corrected chi connectivity index (χ1v) is 10.5. The molecule has 0 bridgehead atoms. The normalized spacial score (nSPS) is 15.6. The van der Waals surface area contributed by atoms with E-state index in [-0.39, 0.29) is 0 Å². The molecule has 0 aliphatic carbocycles. The van der Waals surface area contributed by atoms with Crippen molar-refractivity contribution in [2.24, 2.45) is 0 Å². The van der Waals surface area contributed by atoms with Crippen LogP contribution in [0.25, 0.3) is 0 Å². The molecule has 1 saturated heterocycles. The molecule has 0 radical (unpaired) electrons. The lowest BCUT2D eigenvalue weighted by Crippen LogP contribution is -2.48. The van der Waals surface area contributed by atoms with Crippen LogP contribution in [-0.4, -0.2) is 62.3 Å². The molecule has 1 aliphatic heterocycles. The van der Waals surface area contributed by atoms with Crippen LogP contribution in [0.2, 0.25) is 10.0 Å². The third-order valence-electron chi connectivity index (χ3n) is 5.08. The average Bonchev–Trinajstić information content (AvgIpc) is 2.69. The number of ether oxygens (including phenoxy) is 2. The summed E-state index contributed by atoms with van der Waals surface area (Å²) < 4.78 is 11.7. The van der Waals surface area contributed by atoms with Crippen molar-refractivity contribution in [3.05, 3.63) is 57.6 Å². The SMILES string of the molecule is Cc1cc(OCCN2CCN(CCOc3ccc(Cl)c(C)c3)CC2)ccc1Cl. The smallest absolute Gasteiger partial charge is 0.119 e. The molecule has 0 amide bonds. The quantitative estimate of drug-likeness (QED) is 0.615. The molecule has 1 heterocycles. The van der Waals surface area contributed by atoms with Crippen LogP contribution in [0, 0.1) is 13.8 Å². The minimum Gasteiger partial charge on any atom is -0.492 e. The molecule has 4 nitrogen and oxygen atoms in total. The number of halogens is 2. The van der Waals surface area contributed by atoms with E-state index in [1.54, 1.807) is 0 Å². The number of piperazine rings is 1. The van der Waals surface area contributed by atoms with Crippen molar-refractivity contribution in [1.82, 2.24) is 9.80 Å². The van der Waals surface area contributed by atoms with Crippen molar-refractivity contribution in [2.75, 3.05) is 52.5 Å². The standard InChI is InChI=1S/C22H28Cl2N2O2/c1-17-15-19(3-5-21(17)23)27-13-11-25-7-9-26(10-8-25)12-14-28-20-4-6-22(24)18(2)16-20/h3-6,15-16H,7-14H2,1-2H3. The molecule has 0 aromatic heterocycles. The fraction of sp³-hybridized carbons (Fsp3) is 0.455. The Morgan fingerprint density at radius 2 is 1.11 bits per heavy atom. The third-order valence-corrected chi connectivity index (χ3v) is 5.92. The van der Waals surface area contributed by atoms with Crippen molar-refractivity contribution >= 4 is 23.2 Å². The molecular formula is C22H28Cl2N2O2. The number of benzene rings is 2. The summed E-state index contributed by atoms with van der Waals surface area (Å²) in [5, 5.41) is 1.55. The van der Waals surface area contributed by atoms with Gasteiger partial charge in [0.15, 0.2) is 0 Å². The summed E-state index contributed by atoms with van der Waals surface area (Å²) in [5.41, 5.74) is 2.09. The largest absolute Gasteiger partial charge is 0.492 e. The summed E-state index contributed by atoms with van der Waals surface area (Å²) >= 11 is 12.1. The van der Waals surface area contributed by atoms with Crippen LogP contribution >= 0.6 is 23.2 Å². The Labute approximate surface area is 177 Å². The molecule has 0 spiro atoms. The third kappa shape index (κ3) is 6.28. The van der Waals surface area contributed by atoms with Crippen LogP contribution in [0.4, 0.5) is 0 Å². The Morgan fingerprint density at radius 1 is 0.714 bits per heavy atom. The molecule has 1 aliphatic rings. The van der Waals surface area contributed by atoms with Crippen molar-refractivity contribution in [1.29, 1.82) is 0 Å². The van der Waals surface area contributed by atoms with Crippen LogP contribution < -0.4 is 9.47 Å². The monoisotopic (exact) mass is 422 g/mol. The van der Waals surface area contributed by atoms with E-state index < -0.39 is 0 Å². The Morgan fingerprint density at radius 3 is 1.46 bits per heavy atom. The van der Waals surface area contributed by atoms with Crippen molar-refractivity contribution in [2.45, 2.75) is 13.8 Å². The van der Waals surface area contributed by atoms with E-state index in [4.69, 9.17) is 32.7 Å². The molecule has 0 N–H and O–H groups in total. The van der Waals surface area contributed by atoms with Gasteiger partial charge in [0.1, 0.15) is 24.7 Å². The van der Waals surface area contributed by atoms with Crippen LogP contribution in [0.3, 0.4) is 0 Å². The summed E-state index contributed by atoms with van der Waals surface area (Å²) in [6.07, 6.45) is 0. The first kappa shape index (κ1) is 21.3. The van der Waals surface area contributed by atoms with Gasteiger partial charge >= 0.3 is 0 Å². The molecule has 1 fully saturated rings. The molecule has 0 unspecified atom stereocenters. The predicted octanol–water partition coefficient (Wildman–Crippen LogP) is 4.69. The number of nitrogens with zero attached hydrogens (tertiary/aromatic N) is 2. The lowest BCUT2D eigenvalue weighted by Gasteiger charge is -2.34. The van der Waals surface area contributed by atoms with Gasteiger partial charge in [-0.1, -0.05) is 23.2 Å². The second-order valence-electron chi connectivity index (χ2n) is 7.20. The zero-order chi connectivity index (χ0) is 19.9. The van der Waals surface area contributed by atoms with Crippen LogP contribution in [-0.2, 0) is 0 Å². The Bertz CT molecular complexity index is 712. The highest BCUT2D eigenvalue weighted by Gasteiger charge is 2.16. The van der Waals surface area contributed by atoms with Gasteiger partial charge < -0.3 is 9.47 Å². The number of aryl methyl sites for hydroxylation is 2. The van der Waals surface area contributed by atoms with Gasteiger partial charge in [0.2, 0.25) is 0 Å². The molecule has 3 rings (SSSR count). The minimum absolute atomic E-state index is 0.695. The van der Waals surface area contributed by atoms with Crippen LogP contribution in [0.1, 0.15) is 11.1 Å². The first-order chi connectivity index (χ1) is 13.5. The fourth-order valence-electron chi connectivity index (χ4n) is 3.24. The number of hydrogen-bond donors (Lipinski definition) is 0. The Kier molecular flexibility index (Phi) is 7.86. The molecule has 6 heteroatoms. The maximum Gasteiger partial charge on any atom is 0.119 e. The van der Waals surface area contributed by atoms with E-state index in [9.17, 15) is 0 Å². The maximum atomic E-state index is 6.05. The molecule has 0 atom stereocenters. The predicted molar refractivity (Wildman–Crippen MR) is 116 cm³/mol. The fourth-order valence-corrected chi connectivity index (χ4v) is 3.47. The number of hydrogen-bond acceptors (Lipinski definition) is 4. The lowest BCUT2D eigenvalue weighted by atomic mass is 10.2. The lowest BCUT2D eigenvalue weighted by molar-refractivity contribution is 0.105. The van der Waals surface area contributed by atoms with Gasteiger partial charge in [0.25, 0.3) is 0 Å². The van der Waals surface area contributed by atoms with Crippen molar-refractivity contribution in [3.8, 4) is 11.5 Å². The summed E-state index contributed by atoms with van der Waals surface area (Å²) in [6.45, 7) is 11.5. The molecule has 28 heavy (non-hydrogen) atoms. The van der Waals surface area contributed by atoms with Crippen molar-refractivity contribution < 1.29 is 9.47 Å². The Hall–Kier alpha value is -1.46. The highest BCUT2D eigenvalue weighted by atomic mass is 35.5. The summed E-state index contributed by atoms with van der Waals surface area (Å²) in [5.74, 6) is 1.77. The first-order valence-electron chi connectivity index (χ1n) is 9.74. The highest BCUT2D eigenvalue weighted by molar-refractivity contribution is 6.31. The molecule has 0 saturated carbocycles. The van der Waals surface area contributed by atoms with E-state index in [0.717, 1.165) is 71.9 Å². The molecule has 2 aromatic rings. The summed E-state index contributed by atoms with van der Waals surface area (Å²) in [7, 11) is 0. The van der Waals surface area contributed by atoms with E-state index in [1.807, 2.05) is 50.2 Å². The second-order valence-corrected chi connectivity index (χ2v) is 8.02. The van der Waals surface area contributed by atoms with Crippen LogP contribution in [0.5, 0.6) is 11.5 Å². The van der Waals surface area contributed by atoms with Crippen LogP contribution in [0.15, 0.2) is 36.4 Å². The van der Waals surface area contributed by atoms with E-state index >= 15 is 0 Å². The minimum atomic E-state index is 0.695. The zero-order valence-corrected chi connectivity index (χ0v) is 18.1. The zero-order valence-electron chi connectivity index (χ0n) is 16.6. The van der Waals surface area contributed by atoms with Gasteiger partial charge in [0, 0.05) is 49.3 Å². The van der Waals surface area contributed by atoms with Gasteiger partial charge in [-0.05, 0) is 61.4 Å². The maximum absolute atomic E-state index is 6.05. The highest BCUT2D eigenvalue weighted by Crippen LogP contribution is 2.22. The van der Waals surface area contributed by atoms with E-state index in [0.29, 0.717) is 13.2 Å². The van der Waals surface area contributed by atoms with Gasteiger partial charge in [-0.2, -0.15) is 0 Å².